The Morgan fingerprint density at radius 1 is 0.870 bits per heavy atom. The second kappa shape index (κ2) is 10.2. The van der Waals surface area contributed by atoms with Crippen molar-refractivity contribution in [2.45, 2.75) is 0 Å². The van der Waals surface area contributed by atoms with Gasteiger partial charge >= 0.3 is 12.2 Å². The van der Waals surface area contributed by atoms with Gasteiger partial charge in [0.2, 0.25) is 0 Å². The third-order valence-corrected chi connectivity index (χ3v) is 3.20. The van der Waals surface area contributed by atoms with Crippen molar-refractivity contribution in [2.24, 2.45) is 0 Å². The summed E-state index contributed by atoms with van der Waals surface area (Å²) < 4.78 is 20.0. The Labute approximate surface area is 133 Å². The number of nitrogens with one attached hydrogen (secondary N) is 2. The molecule has 2 aliphatic rings. The molecule has 11 heteroatoms. The van der Waals surface area contributed by atoms with Gasteiger partial charge < -0.3 is 18.9 Å². The SMILES string of the molecule is O=C(NONC(=O)OCCN1CCOC1)OCCN1CCOC1. The van der Waals surface area contributed by atoms with Crippen molar-refractivity contribution in [3.63, 3.8) is 0 Å². The first-order chi connectivity index (χ1) is 11.2. The zero-order chi connectivity index (χ0) is 16.3. The summed E-state index contributed by atoms with van der Waals surface area (Å²) in [6, 6.07) is 0. The van der Waals surface area contributed by atoms with Crippen molar-refractivity contribution in [1.82, 2.24) is 20.8 Å². The van der Waals surface area contributed by atoms with Crippen LogP contribution >= 0.6 is 0 Å². The quantitative estimate of drug-likeness (QED) is 0.532. The van der Waals surface area contributed by atoms with Gasteiger partial charge in [-0.05, 0) is 0 Å². The number of hydrogen-bond acceptors (Lipinski definition) is 9. The van der Waals surface area contributed by atoms with Crippen LogP contribution in [0.3, 0.4) is 0 Å². The van der Waals surface area contributed by atoms with Gasteiger partial charge in [0, 0.05) is 26.2 Å². The minimum atomic E-state index is -0.806. The number of carbonyl (C=O) groups is 2. The van der Waals surface area contributed by atoms with Crippen LogP contribution in [0.25, 0.3) is 0 Å². The van der Waals surface area contributed by atoms with E-state index in [4.69, 9.17) is 18.9 Å². The molecule has 0 saturated carbocycles. The molecule has 0 aromatic rings. The molecule has 2 fully saturated rings. The van der Waals surface area contributed by atoms with E-state index < -0.39 is 12.2 Å². The van der Waals surface area contributed by atoms with Crippen molar-refractivity contribution < 1.29 is 33.5 Å². The third-order valence-electron chi connectivity index (χ3n) is 3.20. The Morgan fingerprint density at radius 2 is 1.35 bits per heavy atom. The molecule has 0 atom stereocenters. The van der Waals surface area contributed by atoms with Crippen molar-refractivity contribution in [1.29, 1.82) is 0 Å². The van der Waals surface area contributed by atoms with Crippen molar-refractivity contribution in [2.75, 3.05) is 66.1 Å². The summed E-state index contributed by atoms with van der Waals surface area (Å²) >= 11 is 0. The maximum absolute atomic E-state index is 11.3. The molecule has 2 rings (SSSR count). The Morgan fingerprint density at radius 3 is 1.74 bits per heavy atom. The number of rotatable bonds is 8. The highest BCUT2D eigenvalue weighted by atomic mass is 16.8. The summed E-state index contributed by atoms with van der Waals surface area (Å²) in [4.78, 5) is 31.0. The molecule has 2 N–H and O–H groups in total. The summed E-state index contributed by atoms with van der Waals surface area (Å²) in [5, 5.41) is 0. The molecule has 2 aliphatic heterocycles. The highest BCUT2D eigenvalue weighted by molar-refractivity contribution is 5.67. The van der Waals surface area contributed by atoms with E-state index in [9.17, 15) is 9.59 Å². The molecule has 23 heavy (non-hydrogen) atoms. The van der Waals surface area contributed by atoms with Crippen LogP contribution in [0.4, 0.5) is 9.59 Å². The van der Waals surface area contributed by atoms with Gasteiger partial charge in [-0.15, -0.1) is 4.94 Å². The summed E-state index contributed by atoms with van der Waals surface area (Å²) in [6.45, 7) is 5.62. The van der Waals surface area contributed by atoms with E-state index in [1.54, 1.807) is 0 Å². The van der Waals surface area contributed by atoms with Gasteiger partial charge in [0.25, 0.3) is 0 Å². The second-order valence-electron chi connectivity index (χ2n) is 4.89. The lowest BCUT2D eigenvalue weighted by molar-refractivity contribution is -0.0340. The van der Waals surface area contributed by atoms with Gasteiger partial charge in [0.05, 0.1) is 26.7 Å². The molecule has 0 bridgehead atoms. The summed E-state index contributed by atoms with van der Waals surface area (Å²) in [6.07, 6.45) is -1.61. The highest BCUT2D eigenvalue weighted by Crippen LogP contribution is 1.98. The van der Waals surface area contributed by atoms with Crippen LogP contribution in [-0.2, 0) is 23.9 Å². The molecule has 132 valence electrons. The lowest BCUT2D eigenvalue weighted by atomic mass is 10.5. The Kier molecular flexibility index (Phi) is 7.83. The van der Waals surface area contributed by atoms with Crippen LogP contribution in [0.5, 0.6) is 0 Å². The van der Waals surface area contributed by atoms with E-state index in [1.807, 2.05) is 20.8 Å². The average molecular weight is 334 g/mol. The summed E-state index contributed by atoms with van der Waals surface area (Å²) in [5.74, 6) is 0. The van der Waals surface area contributed by atoms with Crippen LogP contribution in [0, 0.1) is 0 Å². The first kappa shape index (κ1) is 17.7. The minimum absolute atomic E-state index is 0.195. The van der Waals surface area contributed by atoms with Crippen LogP contribution in [-0.4, -0.2) is 88.1 Å². The number of nitrogens with zero attached hydrogens (tertiary/aromatic N) is 2. The molecule has 0 unspecified atom stereocenters. The summed E-state index contributed by atoms with van der Waals surface area (Å²) in [5.41, 5.74) is 3.83. The molecule has 0 aromatic heterocycles. The maximum atomic E-state index is 11.3. The van der Waals surface area contributed by atoms with Gasteiger partial charge in [-0.3, -0.25) is 9.80 Å². The van der Waals surface area contributed by atoms with E-state index >= 15 is 0 Å². The number of hydroxylamine groups is 2. The number of ether oxygens (including phenoxy) is 4. The monoisotopic (exact) mass is 334 g/mol. The van der Waals surface area contributed by atoms with Crippen molar-refractivity contribution in [3.8, 4) is 0 Å². The minimum Gasteiger partial charge on any atom is -0.447 e. The number of carbonyl (C=O) groups excluding carboxylic acids is 2. The average Bonchev–Trinajstić information content (AvgIpc) is 3.20. The molecular formula is C12H22N4O7. The van der Waals surface area contributed by atoms with Gasteiger partial charge in [0.15, 0.2) is 0 Å². The topological polar surface area (TPSA) is 111 Å². The normalized spacial score (nSPS) is 18.8. The zero-order valence-corrected chi connectivity index (χ0v) is 12.8. The second-order valence-corrected chi connectivity index (χ2v) is 4.89. The standard InChI is InChI=1S/C12H22N4O7/c17-11(21-7-3-15-1-5-19-9-15)13-23-14-12(18)22-8-4-16-2-6-20-10-16/h1-10H2,(H,13,17)(H,14,18). The van der Waals surface area contributed by atoms with Crippen LogP contribution in [0.2, 0.25) is 0 Å². The molecule has 2 saturated heterocycles. The lowest BCUT2D eigenvalue weighted by Crippen LogP contribution is -2.37. The first-order valence-electron chi connectivity index (χ1n) is 7.35. The molecule has 2 amide bonds. The van der Waals surface area contributed by atoms with Gasteiger partial charge in [-0.25, -0.2) is 9.59 Å². The molecule has 0 radical (unpaired) electrons. The maximum Gasteiger partial charge on any atom is 0.433 e. The summed E-state index contributed by atoms with van der Waals surface area (Å²) in [7, 11) is 0. The van der Waals surface area contributed by atoms with Gasteiger partial charge in [-0.2, -0.15) is 11.0 Å². The molecule has 0 aromatic carbocycles. The van der Waals surface area contributed by atoms with Crippen molar-refractivity contribution >= 4 is 12.2 Å². The molecule has 0 spiro atoms. The zero-order valence-electron chi connectivity index (χ0n) is 12.8. The third kappa shape index (κ3) is 7.43. The van der Waals surface area contributed by atoms with E-state index in [1.165, 1.54) is 0 Å². The molecule has 11 nitrogen and oxygen atoms in total. The first-order valence-corrected chi connectivity index (χ1v) is 7.35. The Bertz CT molecular complexity index is 338. The fraction of sp³-hybridized carbons (Fsp3) is 0.833. The van der Waals surface area contributed by atoms with Crippen LogP contribution in [0.15, 0.2) is 0 Å². The molecular weight excluding hydrogens is 312 g/mol. The molecule has 2 heterocycles. The predicted octanol–water partition coefficient (Wildman–Crippen LogP) is -1.14. The van der Waals surface area contributed by atoms with E-state index in [0.29, 0.717) is 39.8 Å². The number of hydrogen-bond donors (Lipinski definition) is 2. The van der Waals surface area contributed by atoms with E-state index in [2.05, 4.69) is 4.94 Å². The lowest BCUT2D eigenvalue weighted by Gasteiger charge is -2.13. The van der Waals surface area contributed by atoms with E-state index in [0.717, 1.165) is 13.1 Å². The fourth-order valence-corrected chi connectivity index (χ4v) is 1.96. The smallest absolute Gasteiger partial charge is 0.433 e. The fourth-order valence-electron chi connectivity index (χ4n) is 1.96. The largest absolute Gasteiger partial charge is 0.447 e. The van der Waals surface area contributed by atoms with Gasteiger partial charge in [0.1, 0.15) is 13.2 Å². The van der Waals surface area contributed by atoms with Crippen LogP contribution < -0.4 is 11.0 Å². The molecule has 0 aliphatic carbocycles. The van der Waals surface area contributed by atoms with Crippen molar-refractivity contribution in [3.05, 3.63) is 0 Å². The number of amides is 2. The predicted molar refractivity (Wildman–Crippen MR) is 74.8 cm³/mol. The van der Waals surface area contributed by atoms with Crippen LogP contribution in [0.1, 0.15) is 0 Å². The highest BCUT2D eigenvalue weighted by Gasteiger charge is 2.13. The Balaban J connectivity index is 1.40. The van der Waals surface area contributed by atoms with Gasteiger partial charge in [-0.1, -0.05) is 0 Å². The Hall–Kier alpha value is -1.66. The van der Waals surface area contributed by atoms with E-state index in [-0.39, 0.29) is 13.2 Å².